The summed E-state index contributed by atoms with van der Waals surface area (Å²) in [6.07, 6.45) is 1.27. The molecule has 0 radical (unpaired) electrons. The SMILES string of the molecule is CCN(C(=O)c1coc(N)n1)c1cccc(C)c1. The molecule has 0 fully saturated rings. The van der Waals surface area contributed by atoms with Gasteiger partial charge >= 0.3 is 0 Å². The quantitative estimate of drug-likeness (QED) is 0.900. The molecule has 1 aromatic carbocycles. The van der Waals surface area contributed by atoms with Gasteiger partial charge in [-0.25, -0.2) is 0 Å². The summed E-state index contributed by atoms with van der Waals surface area (Å²) < 4.78 is 4.86. The van der Waals surface area contributed by atoms with E-state index in [4.69, 9.17) is 10.2 Å². The number of nitrogens with two attached hydrogens (primary N) is 1. The first-order chi connectivity index (χ1) is 8.61. The maximum absolute atomic E-state index is 12.2. The fourth-order valence-corrected chi connectivity index (χ4v) is 1.76. The minimum absolute atomic E-state index is 0.00125. The van der Waals surface area contributed by atoms with Crippen LogP contribution in [0.15, 0.2) is 34.9 Å². The van der Waals surface area contributed by atoms with Crippen LogP contribution >= 0.6 is 0 Å². The van der Waals surface area contributed by atoms with Crippen molar-refractivity contribution in [2.75, 3.05) is 17.2 Å². The van der Waals surface area contributed by atoms with E-state index in [1.165, 1.54) is 6.26 Å². The van der Waals surface area contributed by atoms with Gasteiger partial charge in [0.1, 0.15) is 6.26 Å². The van der Waals surface area contributed by atoms with Crippen molar-refractivity contribution in [3.8, 4) is 0 Å². The molecule has 1 aromatic heterocycles. The Kier molecular flexibility index (Phi) is 3.32. The van der Waals surface area contributed by atoms with Gasteiger partial charge in [-0.05, 0) is 31.5 Å². The summed E-state index contributed by atoms with van der Waals surface area (Å²) in [5.41, 5.74) is 7.52. The number of oxazole rings is 1. The predicted octanol–water partition coefficient (Wildman–Crippen LogP) is 2.23. The summed E-state index contributed by atoms with van der Waals surface area (Å²) in [4.78, 5) is 17.7. The van der Waals surface area contributed by atoms with Crippen LogP contribution < -0.4 is 10.6 Å². The number of anilines is 2. The molecule has 5 heteroatoms. The molecule has 2 aromatic rings. The molecular weight excluding hydrogens is 230 g/mol. The highest BCUT2D eigenvalue weighted by molar-refractivity contribution is 6.04. The van der Waals surface area contributed by atoms with Crippen LogP contribution in [0.1, 0.15) is 23.0 Å². The van der Waals surface area contributed by atoms with E-state index in [9.17, 15) is 4.79 Å². The van der Waals surface area contributed by atoms with Crippen molar-refractivity contribution in [2.24, 2.45) is 0 Å². The van der Waals surface area contributed by atoms with Crippen molar-refractivity contribution in [3.63, 3.8) is 0 Å². The van der Waals surface area contributed by atoms with Crippen LogP contribution in [0.2, 0.25) is 0 Å². The van der Waals surface area contributed by atoms with Gasteiger partial charge in [0, 0.05) is 12.2 Å². The largest absolute Gasteiger partial charge is 0.431 e. The lowest BCUT2D eigenvalue weighted by Gasteiger charge is -2.20. The number of nitrogens with zero attached hydrogens (tertiary/aromatic N) is 2. The lowest BCUT2D eigenvalue weighted by Crippen LogP contribution is -2.30. The average Bonchev–Trinajstić information content (AvgIpc) is 2.77. The Morgan fingerprint density at radius 2 is 2.28 bits per heavy atom. The van der Waals surface area contributed by atoms with Gasteiger partial charge in [0.2, 0.25) is 0 Å². The first-order valence-electron chi connectivity index (χ1n) is 5.71. The molecule has 0 saturated carbocycles. The third kappa shape index (κ3) is 2.34. The van der Waals surface area contributed by atoms with Crippen LogP contribution in [0.5, 0.6) is 0 Å². The van der Waals surface area contributed by atoms with E-state index in [1.54, 1.807) is 4.90 Å². The van der Waals surface area contributed by atoms with E-state index in [0.29, 0.717) is 6.54 Å². The Morgan fingerprint density at radius 1 is 1.50 bits per heavy atom. The van der Waals surface area contributed by atoms with E-state index >= 15 is 0 Å². The minimum Gasteiger partial charge on any atom is -0.431 e. The van der Waals surface area contributed by atoms with Gasteiger partial charge in [-0.1, -0.05) is 12.1 Å². The molecule has 0 saturated heterocycles. The number of carbonyl (C=O) groups excluding carboxylic acids is 1. The molecule has 0 aliphatic heterocycles. The fraction of sp³-hybridized carbons (Fsp3) is 0.231. The van der Waals surface area contributed by atoms with Gasteiger partial charge in [0.25, 0.3) is 11.9 Å². The van der Waals surface area contributed by atoms with Crippen molar-refractivity contribution in [1.29, 1.82) is 0 Å². The maximum Gasteiger partial charge on any atom is 0.292 e. The van der Waals surface area contributed by atoms with Gasteiger partial charge in [0.05, 0.1) is 0 Å². The van der Waals surface area contributed by atoms with Crippen molar-refractivity contribution < 1.29 is 9.21 Å². The highest BCUT2D eigenvalue weighted by Crippen LogP contribution is 2.18. The predicted molar refractivity (Wildman–Crippen MR) is 69.4 cm³/mol. The summed E-state index contributed by atoms with van der Waals surface area (Å²) in [6.45, 7) is 4.44. The topological polar surface area (TPSA) is 72.4 Å². The number of hydrogen-bond acceptors (Lipinski definition) is 4. The van der Waals surface area contributed by atoms with Crippen LogP contribution in [-0.2, 0) is 0 Å². The number of carbonyl (C=O) groups is 1. The average molecular weight is 245 g/mol. The maximum atomic E-state index is 12.2. The molecule has 5 nitrogen and oxygen atoms in total. The van der Waals surface area contributed by atoms with Crippen LogP contribution in [0.25, 0.3) is 0 Å². The van der Waals surface area contributed by atoms with E-state index < -0.39 is 0 Å². The Labute approximate surface area is 105 Å². The molecule has 18 heavy (non-hydrogen) atoms. The van der Waals surface area contributed by atoms with Gasteiger partial charge < -0.3 is 15.1 Å². The number of amides is 1. The number of rotatable bonds is 3. The molecule has 0 spiro atoms. The Morgan fingerprint density at radius 3 is 2.83 bits per heavy atom. The van der Waals surface area contributed by atoms with Gasteiger partial charge in [-0.3, -0.25) is 4.79 Å². The molecule has 94 valence electrons. The van der Waals surface area contributed by atoms with Crippen molar-refractivity contribution in [3.05, 3.63) is 41.8 Å². The number of hydrogen-bond donors (Lipinski definition) is 1. The van der Waals surface area contributed by atoms with Gasteiger partial charge in [-0.15, -0.1) is 0 Å². The van der Waals surface area contributed by atoms with Crippen LogP contribution in [0.4, 0.5) is 11.7 Å². The van der Waals surface area contributed by atoms with Crippen LogP contribution in [0.3, 0.4) is 0 Å². The summed E-state index contributed by atoms with van der Waals surface area (Å²) >= 11 is 0. The van der Waals surface area contributed by atoms with E-state index in [0.717, 1.165) is 11.3 Å². The van der Waals surface area contributed by atoms with Crippen molar-refractivity contribution in [2.45, 2.75) is 13.8 Å². The summed E-state index contributed by atoms with van der Waals surface area (Å²) in [5, 5.41) is 0. The molecule has 2 rings (SSSR count). The summed E-state index contributed by atoms with van der Waals surface area (Å²) in [5.74, 6) is -0.219. The molecular formula is C13H15N3O2. The smallest absolute Gasteiger partial charge is 0.292 e. The van der Waals surface area contributed by atoms with Crippen LogP contribution in [0, 0.1) is 6.92 Å². The molecule has 0 aliphatic carbocycles. The second kappa shape index (κ2) is 4.91. The summed E-state index contributed by atoms with van der Waals surface area (Å²) in [6, 6.07) is 7.73. The lowest BCUT2D eigenvalue weighted by atomic mass is 10.2. The molecule has 2 N–H and O–H groups in total. The zero-order chi connectivity index (χ0) is 13.1. The van der Waals surface area contributed by atoms with E-state index in [2.05, 4.69) is 4.98 Å². The molecule has 1 heterocycles. The second-order valence-corrected chi connectivity index (χ2v) is 3.96. The van der Waals surface area contributed by atoms with E-state index in [1.807, 2.05) is 38.1 Å². The van der Waals surface area contributed by atoms with Crippen molar-refractivity contribution in [1.82, 2.24) is 4.98 Å². The first-order valence-corrected chi connectivity index (χ1v) is 5.71. The number of nitrogen functional groups attached to an aromatic ring is 1. The Hall–Kier alpha value is -2.30. The Bertz CT molecular complexity index is 563. The minimum atomic E-state index is -0.219. The van der Waals surface area contributed by atoms with Gasteiger partial charge in [0.15, 0.2) is 5.69 Å². The lowest BCUT2D eigenvalue weighted by molar-refractivity contribution is 0.0983. The zero-order valence-corrected chi connectivity index (χ0v) is 10.4. The molecule has 0 atom stereocenters. The highest BCUT2D eigenvalue weighted by atomic mass is 16.4. The Balaban J connectivity index is 2.31. The third-order valence-corrected chi connectivity index (χ3v) is 2.62. The summed E-state index contributed by atoms with van der Waals surface area (Å²) in [7, 11) is 0. The first kappa shape index (κ1) is 12.2. The number of benzene rings is 1. The third-order valence-electron chi connectivity index (χ3n) is 2.62. The normalized spacial score (nSPS) is 10.3. The monoisotopic (exact) mass is 245 g/mol. The van der Waals surface area contributed by atoms with Crippen molar-refractivity contribution >= 4 is 17.6 Å². The molecule has 0 aliphatic rings. The van der Waals surface area contributed by atoms with Gasteiger partial charge in [-0.2, -0.15) is 4.98 Å². The standard InChI is InChI=1S/C13H15N3O2/c1-3-16(10-6-4-5-9(2)7-10)12(17)11-8-18-13(14)15-11/h4-8H,3H2,1-2H3,(H2,14,15). The molecule has 1 amide bonds. The molecule has 0 bridgehead atoms. The second-order valence-electron chi connectivity index (χ2n) is 3.96. The number of aryl methyl sites for hydroxylation is 1. The van der Waals surface area contributed by atoms with E-state index in [-0.39, 0.29) is 17.6 Å². The van der Waals surface area contributed by atoms with Crippen LogP contribution in [-0.4, -0.2) is 17.4 Å². The highest BCUT2D eigenvalue weighted by Gasteiger charge is 2.19. The fourth-order valence-electron chi connectivity index (χ4n) is 1.76. The number of aromatic nitrogens is 1. The zero-order valence-electron chi connectivity index (χ0n) is 10.4. The molecule has 0 unspecified atom stereocenters.